The van der Waals surface area contributed by atoms with Crippen molar-refractivity contribution >= 4 is 22.6 Å². The summed E-state index contributed by atoms with van der Waals surface area (Å²) in [5.41, 5.74) is 2.93. The summed E-state index contributed by atoms with van der Waals surface area (Å²) in [7, 11) is 4.79. The number of rotatable bonds is 8. The molecule has 0 spiro atoms. The molecule has 2 amide bonds. The number of methoxy groups -OCH3 is 3. The lowest BCUT2D eigenvalue weighted by Gasteiger charge is -2.17. The predicted molar refractivity (Wildman–Crippen MR) is 136 cm³/mol. The molecule has 0 saturated carbocycles. The quantitative estimate of drug-likeness (QED) is 0.500. The van der Waals surface area contributed by atoms with Crippen molar-refractivity contribution in [2.24, 2.45) is 0 Å². The van der Waals surface area contributed by atoms with Crippen LogP contribution in [0, 0.1) is 0 Å². The van der Waals surface area contributed by atoms with E-state index < -0.39 is 0 Å². The van der Waals surface area contributed by atoms with E-state index in [1.165, 1.54) is 6.08 Å². The average molecular weight is 475 g/mol. The highest BCUT2D eigenvalue weighted by atomic mass is 16.5. The summed E-state index contributed by atoms with van der Waals surface area (Å²) in [6.07, 6.45) is 2.34. The second-order valence-corrected chi connectivity index (χ2v) is 8.53. The third-order valence-electron chi connectivity index (χ3n) is 6.33. The van der Waals surface area contributed by atoms with E-state index in [0.717, 1.165) is 33.9 Å². The van der Waals surface area contributed by atoms with Gasteiger partial charge in [0.25, 0.3) is 0 Å². The van der Waals surface area contributed by atoms with Crippen LogP contribution in [-0.4, -0.2) is 57.2 Å². The van der Waals surface area contributed by atoms with Gasteiger partial charge in [-0.3, -0.25) is 9.59 Å². The zero-order valence-corrected chi connectivity index (χ0v) is 20.3. The minimum atomic E-state index is -0.204. The third-order valence-corrected chi connectivity index (χ3v) is 6.33. The van der Waals surface area contributed by atoms with Gasteiger partial charge in [0, 0.05) is 19.1 Å². The highest BCUT2D eigenvalue weighted by molar-refractivity contribution is 5.90. The molecule has 1 aliphatic rings. The van der Waals surface area contributed by atoms with Gasteiger partial charge < -0.3 is 24.4 Å². The molecule has 1 aliphatic heterocycles. The summed E-state index contributed by atoms with van der Waals surface area (Å²) >= 11 is 0. The van der Waals surface area contributed by atoms with Gasteiger partial charge >= 0.3 is 0 Å². The first-order valence-corrected chi connectivity index (χ1v) is 11.5. The summed E-state index contributed by atoms with van der Waals surface area (Å²) in [5, 5.41) is 5.00. The molecule has 7 heteroatoms. The number of nitrogens with zero attached hydrogens (tertiary/aromatic N) is 1. The van der Waals surface area contributed by atoms with Crippen LogP contribution in [0.2, 0.25) is 0 Å². The van der Waals surface area contributed by atoms with E-state index in [4.69, 9.17) is 14.2 Å². The molecule has 0 bridgehead atoms. The smallest absolute Gasteiger partial charge is 0.243 e. The number of carbonyl (C=O) groups is 2. The van der Waals surface area contributed by atoms with Crippen molar-refractivity contribution in [2.45, 2.75) is 18.9 Å². The Balaban J connectivity index is 1.51. The Hall–Kier alpha value is -4.00. The largest absolute Gasteiger partial charge is 0.493 e. The van der Waals surface area contributed by atoms with Gasteiger partial charge in [-0.15, -0.1) is 0 Å². The van der Waals surface area contributed by atoms with Crippen LogP contribution in [0.25, 0.3) is 21.9 Å². The van der Waals surface area contributed by atoms with Gasteiger partial charge in [0.2, 0.25) is 17.6 Å². The lowest BCUT2D eigenvalue weighted by atomic mass is 9.98. The molecule has 1 unspecified atom stereocenters. The van der Waals surface area contributed by atoms with E-state index in [2.05, 4.69) is 30.1 Å². The SMILES string of the molecule is C=CC(=O)NC1CCN(C(=O)Cc2ccc3cc(-c4cc(OC)c(OC)c(OC)c4)ccc3c2)C1. The molecule has 1 atom stereocenters. The zero-order valence-electron chi connectivity index (χ0n) is 20.3. The first kappa shape index (κ1) is 24.1. The minimum absolute atomic E-state index is 0.0188. The standard InChI is InChI=1S/C28H30N2O5/c1-5-26(31)29-23-10-11-30(17-23)27(32)13-18-6-7-20-14-21(9-8-19(20)12-18)22-15-24(33-2)28(35-4)25(16-22)34-3/h5-9,12,14-16,23H,1,10-11,13,17H2,2-4H3,(H,29,31). The molecular formula is C28H30N2O5. The molecule has 7 nitrogen and oxygen atoms in total. The topological polar surface area (TPSA) is 77.1 Å². The van der Waals surface area contributed by atoms with Gasteiger partial charge in [-0.05, 0) is 58.2 Å². The van der Waals surface area contributed by atoms with E-state index in [1.807, 2.05) is 35.2 Å². The van der Waals surface area contributed by atoms with E-state index in [0.29, 0.717) is 36.8 Å². The fourth-order valence-corrected chi connectivity index (χ4v) is 4.48. The number of carbonyl (C=O) groups excluding carboxylic acids is 2. The maximum absolute atomic E-state index is 12.8. The fourth-order valence-electron chi connectivity index (χ4n) is 4.48. The Bertz CT molecular complexity index is 1240. The molecule has 182 valence electrons. The van der Waals surface area contributed by atoms with Crippen LogP contribution in [0.1, 0.15) is 12.0 Å². The maximum atomic E-state index is 12.8. The number of ether oxygens (including phenoxy) is 3. The number of hydrogen-bond donors (Lipinski definition) is 1. The molecule has 0 aromatic heterocycles. The molecular weight excluding hydrogens is 444 g/mol. The molecule has 35 heavy (non-hydrogen) atoms. The van der Waals surface area contributed by atoms with Crippen LogP contribution in [0.15, 0.2) is 61.2 Å². The van der Waals surface area contributed by atoms with Crippen molar-refractivity contribution < 1.29 is 23.8 Å². The Morgan fingerprint density at radius 1 is 0.971 bits per heavy atom. The van der Waals surface area contributed by atoms with Gasteiger partial charge in [-0.1, -0.05) is 36.9 Å². The maximum Gasteiger partial charge on any atom is 0.243 e. The van der Waals surface area contributed by atoms with Gasteiger partial charge in [-0.2, -0.15) is 0 Å². The molecule has 0 radical (unpaired) electrons. The van der Waals surface area contributed by atoms with Crippen LogP contribution >= 0.6 is 0 Å². The van der Waals surface area contributed by atoms with Crippen molar-refractivity contribution in [3.05, 3.63) is 66.7 Å². The Labute approximate surface area is 205 Å². The average Bonchev–Trinajstić information content (AvgIpc) is 3.35. The molecule has 1 heterocycles. The van der Waals surface area contributed by atoms with E-state index >= 15 is 0 Å². The molecule has 3 aromatic carbocycles. The van der Waals surface area contributed by atoms with E-state index in [1.54, 1.807) is 21.3 Å². The summed E-state index contributed by atoms with van der Waals surface area (Å²) < 4.78 is 16.4. The van der Waals surface area contributed by atoms with Gasteiger partial charge in [0.05, 0.1) is 27.8 Å². The van der Waals surface area contributed by atoms with Crippen molar-refractivity contribution in [1.82, 2.24) is 10.2 Å². The van der Waals surface area contributed by atoms with Crippen molar-refractivity contribution in [1.29, 1.82) is 0 Å². The second kappa shape index (κ2) is 10.5. The first-order valence-electron chi connectivity index (χ1n) is 11.5. The zero-order chi connectivity index (χ0) is 24.9. The Morgan fingerprint density at radius 2 is 1.66 bits per heavy atom. The second-order valence-electron chi connectivity index (χ2n) is 8.53. The normalized spacial score (nSPS) is 15.1. The summed E-state index contributed by atoms with van der Waals surface area (Å²) in [4.78, 5) is 26.2. The predicted octanol–water partition coefficient (Wildman–Crippen LogP) is 3.98. The molecule has 3 aromatic rings. The number of likely N-dealkylation sites (tertiary alicyclic amines) is 1. The lowest BCUT2D eigenvalue weighted by Crippen LogP contribution is -2.38. The first-order chi connectivity index (χ1) is 16.9. The van der Waals surface area contributed by atoms with E-state index in [-0.39, 0.29) is 17.9 Å². The number of amides is 2. The van der Waals surface area contributed by atoms with Gasteiger partial charge in [0.1, 0.15) is 0 Å². The lowest BCUT2D eigenvalue weighted by molar-refractivity contribution is -0.129. The highest BCUT2D eigenvalue weighted by Gasteiger charge is 2.26. The van der Waals surface area contributed by atoms with Gasteiger partial charge in [0.15, 0.2) is 11.5 Å². The highest BCUT2D eigenvalue weighted by Crippen LogP contribution is 2.41. The van der Waals surface area contributed by atoms with Crippen LogP contribution in [0.5, 0.6) is 17.2 Å². The number of benzene rings is 3. The number of hydrogen-bond acceptors (Lipinski definition) is 5. The van der Waals surface area contributed by atoms with Crippen molar-refractivity contribution in [3.8, 4) is 28.4 Å². The van der Waals surface area contributed by atoms with E-state index in [9.17, 15) is 9.59 Å². The van der Waals surface area contributed by atoms with Gasteiger partial charge in [-0.25, -0.2) is 0 Å². The number of nitrogens with one attached hydrogen (secondary N) is 1. The molecule has 1 N–H and O–H groups in total. The summed E-state index contributed by atoms with van der Waals surface area (Å²) in [6.45, 7) is 4.65. The van der Waals surface area contributed by atoms with Crippen LogP contribution in [0.3, 0.4) is 0 Å². The van der Waals surface area contributed by atoms with Crippen LogP contribution in [0.4, 0.5) is 0 Å². The van der Waals surface area contributed by atoms with Crippen molar-refractivity contribution in [2.75, 3.05) is 34.4 Å². The molecule has 0 aliphatic carbocycles. The molecule has 4 rings (SSSR count). The van der Waals surface area contributed by atoms with Crippen LogP contribution in [-0.2, 0) is 16.0 Å². The third kappa shape index (κ3) is 5.24. The Kier molecular flexibility index (Phi) is 7.25. The Morgan fingerprint density at radius 3 is 2.31 bits per heavy atom. The molecule has 1 saturated heterocycles. The van der Waals surface area contributed by atoms with Crippen molar-refractivity contribution in [3.63, 3.8) is 0 Å². The molecule has 1 fully saturated rings. The summed E-state index contributed by atoms with van der Waals surface area (Å²) in [5.74, 6) is 1.62. The minimum Gasteiger partial charge on any atom is -0.493 e. The number of fused-ring (bicyclic) bond motifs is 1. The monoisotopic (exact) mass is 474 g/mol. The van der Waals surface area contributed by atoms with Crippen LogP contribution < -0.4 is 19.5 Å². The summed E-state index contributed by atoms with van der Waals surface area (Å²) in [6, 6.07) is 16.1. The fraction of sp³-hybridized carbons (Fsp3) is 0.286.